The van der Waals surface area contributed by atoms with E-state index in [1.54, 1.807) is 0 Å². The molecule has 3 nitrogen and oxygen atoms in total. The molecule has 0 radical (unpaired) electrons. The van der Waals surface area contributed by atoms with Crippen LogP contribution in [0.3, 0.4) is 0 Å². The zero-order chi connectivity index (χ0) is 13.3. The minimum atomic E-state index is -0.171. The quantitative estimate of drug-likeness (QED) is 0.746. The fraction of sp³-hybridized carbons (Fsp3) is 1.00. The van der Waals surface area contributed by atoms with Crippen LogP contribution in [0.2, 0.25) is 0 Å². The lowest BCUT2D eigenvalue weighted by molar-refractivity contribution is 0.0769. The first-order chi connectivity index (χ1) is 7.68. The van der Waals surface area contributed by atoms with E-state index >= 15 is 0 Å². The molecule has 1 rings (SSSR count). The Morgan fingerprint density at radius 2 is 1.82 bits per heavy atom. The summed E-state index contributed by atoms with van der Waals surface area (Å²) in [4.78, 5) is 2.35. The Hall–Kier alpha value is -0.120. The second-order valence-corrected chi connectivity index (χ2v) is 7.09. The Morgan fingerprint density at radius 3 is 2.18 bits per heavy atom. The Kier molecular flexibility index (Phi) is 4.61. The highest BCUT2D eigenvalue weighted by Crippen LogP contribution is 2.26. The van der Waals surface area contributed by atoms with Crippen LogP contribution in [0, 0.1) is 5.41 Å². The maximum absolute atomic E-state index is 9.61. The Bertz CT molecular complexity index is 245. The van der Waals surface area contributed by atoms with Crippen LogP contribution in [0.15, 0.2) is 0 Å². The normalized spacial score (nSPS) is 22.6. The number of hydrogen-bond donors (Lipinski definition) is 2. The van der Waals surface area contributed by atoms with Gasteiger partial charge in [0.15, 0.2) is 0 Å². The molecule has 0 aliphatic heterocycles. The number of aliphatic hydroxyl groups is 1. The van der Waals surface area contributed by atoms with Crippen molar-refractivity contribution in [2.24, 2.45) is 5.41 Å². The molecule has 0 aromatic carbocycles. The van der Waals surface area contributed by atoms with Crippen molar-refractivity contribution in [2.45, 2.75) is 65.1 Å². The van der Waals surface area contributed by atoms with Crippen LogP contribution in [-0.2, 0) is 0 Å². The summed E-state index contributed by atoms with van der Waals surface area (Å²) in [5.41, 5.74) is 0.0973. The third-order valence-electron chi connectivity index (χ3n) is 3.99. The van der Waals surface area contributed by atoms with Gasteiger partial charge in [-0.2, -0.15) is 0 Å². The van der Waals surface area contributed by atoms with Crippen molar-refractivity contribution < 1.29 is 5.11 Å². The average Bonchev–Trinajstić information content (AvgIpc) is 2.98. The van der Waals surface area contributed by atoms with Crippen LogP contribution in [0.1, 0.15) is 47.5 Å². The van der Waals surface area contributed by atoms with E-state index in [4.69, 9.17) is 0 Å². The van der Waals surface area contributed by atoms with Crippen molar-refractivity contribution in [3.63, 3.8) is 0 Å². The first-order valence-electron chi connectivity index (χ1n) is 6.77. The molecule has 0 saturated heterocycles. The van der Waals surface area contributed by atoms with Gasteiger partial charge >= 0.3 is 0 Å². The zero-order valence-corrected chi connectivity index (χ0v) is 12.4. The summed E-state index contributed by atoms with van der Waals surface area (Å²) in [7, 11) is 2.15. The van der Waals surface area contributed by atoms with E-state index in [1.165, 1.54) is 12.8 Å². The van der Waals surface area contributed by atoms with Crippen LogP contribution < -0.4 is 5.32 Å². The first kappa shape index (κ1) is 14.9. The van der Waals surface area contributed by atoms with E-state index in [2.05, 4.69) is 51.9 Å². The number of rotatable bonds is 6. The van der Waals surface area contributed by atoms with Gasteiger partial charge in [-0.3, -0.25) is 0 Å². The molecule has 0 bridgehead atoms. The van der Waals surface area contributed by atoms with Crippen molar-refractivity contribution in [2.75, 3.05) is 20.2 Å². The zero-order valence-electron chi connectivity index (χ0n) is 12.4. The molecule has 0 aromatic heterocycles. The average molecular weight is 242 g/mol. The summed E-state index contributed by atoms with van der Waals surface area (Å²) in [5, 5.41) is 13.2. The fourth-order valence-corrected chi connectivity index (χ4v) is 2.21. The van der Waals surface area contributed by atoms with Gasteiger partial charge in [0.25, 0.3) is 0 Å². The van der Waals surface area contributed by atoms with Crippen molar-refractivity contribution in [1.29, 1.82) is 0 Å². The minimum Gasteiger partial charge on any atom is -0.394 e. The van der Waals surface area contributed by atoms with Crippen molar-refractivity contribution in [1.82, 2.24) is 10.2 Å². The van der Waals surface area contributed by atoms with Gasteiger partial charge in [0, 0.05) is 18.6 Å². The molecule has 3 heteroatoms. The van der Waals surface area contributed by atoms with Gasteiger partial charge in [0.1, 0.15) is 0 Å². The SMILES string of the molecule is CC(N(C)CC(C)(CO)NC1CC1)C(C)(C)C. The lowest BCUT2D eigenvalue weighted by Gasteiger charge is -2.41. The van der Waals surface area contributed by atoms with Crippen LogP contribution >= 0.6 is 0 Å². The van der Waals surface area contributed by atoms with Gasteiger partial charge in [-0.25, -0.2) is 0 Å². The molecule has 1 fully saturated rings. The summed E-state index contributed by atoms with van der Waals surface area (Å²) in [6.45, 7) is 12.3. The van der Waals surface area contributed by atoms with Gasteiger partial charge in [0.05, 0.1) is 12.1 Å². The summed E-state index contributed by atoms with van der Waals surface area (Å²) in [6, 6.07) is 1.12. The third kappa shape index (κ3) is 4.57. The summed E-state index contributed by atoms with van der Waals surface area (Å²) < 4.78 is 0. The fourth-order valence-electron chi connectivity index (χ4n) is 2.21. The Balaban J connectivity index is 2.54. The van der Waals surface area contributed by atoms with Crippen molar-refractivity contribution in [3.8, 4) is 0 Å². The lowest BCUT2D eigenvalue weighted by atomic mass is 9.86. The highest BCUT2D eigenvalue weighted by Gasteiger charge is 2.35. The van der Waals surface area contributed by atoms with Gasteiger partial charge in [-0.05, 0) is 39.2 Å². The molecular formula is C14H30N2O. The second kappa shape index (κ2) is 5.25. The van der Waals surface area contributed by atoms with E-state index in [9.17, 15) is 5.11 Å². The van der Waals surface area contributed by atoms with Gasteiger partial charge < -0.3 is 15.3 Å². The van der Waals surface area contributed by atoms with Gasteiger partial charge in [-0.1, -0.05) is 20.8 Å². The molecule has 102 valence electrons. The van der Waals surface area contributed by atoms with Crippen LogP contribution in [0.4, 0.5) is 0 Å². The molecule has 0 amide bonds. The molecule has 0 aromatic rings. The summed E-state index contributed by atoms with van der Waals surface area (Å²) in [5.74, 6) is 0. The highest BCUT2D eigenvalue weighted by molar-refractivity contribution is 4.95. The smallest absolute Gasteiger partial charge is 0.0623 e. The monoisotopic (exact) mass is 242 g/mol. The second-order valence-electron chi connectivity index (χ2n) is 7.09. The van der Waals surface area contributed by atoms with E-state index in [0.717, 1.165) is 6.54 Å². The lowest BCUT2D eigenvalue weighted by Crippen LogP contribution is -2.56. The molecule has 2 atom stereocenters. The van der Waals surface area contributed by atoms with Gasteiger partial charge in [0.2, 0.25) is 0 Å². The van der Waals surface area contributed by atoms with E-state index in [1.807, 2.05) is 0 Å². The van der Waals surface area contributed by atoms with Crippen LogP contribution in [0.5, 0.6) is 0 Å². The standard InChI is InChI=1S/C14H30N2O/c1-11(13(2,3)4)16(6)9-14(5,10-17)15-12-7-8-12/h11-12,15,17H,7-10H2,1-6H3. The van der Waals surface area contributed by atoms with E-state index in [0.29, 0.717) is 12.1 Å². The molecule has 0 spiro atoms. The van der Waals surface area contributed by atoms with Crippen LogP contribution in [-0.4, -0.2) is 47.8 Å². The molecule has 1 saturated carbocycles. The number of likely N-dealkylation sites (N-methyl/N-ethyl adjacent to an activating group) is 1. The van der Waals surface area contributed by atoms with Crippen molar-refractivity contribution in [3.05, 3.63) is 0 Å². The van der Waals surface area contributed by atoms with Crippen LogP contribution in [0.25, 0.3) is 0 Å². The third-order valence-corrected chi connectivity index (χ3v) is 3.99. The molecule has 1 aliphatic rings. The number of nitrogens with zero attached hydrogens (tertiary/aromatic N) is 1. The minimum absolute atomic E-state index is 0.171. The molecule has 1 aliphatic carbocycles. The largest absolute Gasteiger partial charge is 0.394 e. The Labute approximate surface area is 107 Å². The molecule has 17 heavy (non-hydrogen) atoms. The summed E-state index contributed by atoms with van der Waals surface area (Å²) >= 11 is 0. The summed E-state index contributed by atoms with van der Waals surface area (Å²) in [6.07, 6.45) is 2.52. The Morgan fingerprint density at radius 1 is 1.29 bits per heavy atom. The highest BCUT2D eigenvalue weighted by atomic mass is 16.3. The number of nitrogens with one attached hydrogen (secondary N) is 1. The maximum Gasteiger partial charge on any atom is 0.0623 e. The molecule has 2 N–H and O–H groups in total. The first-order valence-corrected chi connectivity index (χ1v) is 6.77. The van der Waals surface area contributed by atoms with E-state index < -0.39 is 0 Å². The van der Waals surface area contributed by atoms with Crippen molar-refractivity contribution >= 4 is 0 Å². The number of aliphatic hydroxyl groups excluding tert-OH is 1. The molecule has 0 heterocycles. The van der Waals surface area contributed by atoms with Gasteiger partial charge in [-0.15, -0.1) is 0 Å². The molecule has 2 unspecified atom stereocenters. The molecular weight excluding hydrogens is 212 g/mol. The topological polar surface area (TPSA) is 35.5 Å². The number of hydrogen-bond acceptors (Lipinski definition) is 3. The maximum atomic E-state index is 9.61. The van der Waals surface area contributed by atoms with E-state index in [-0.39, 0.29) is 17.6 Å². The predicted molar refractivity (Wildman–Crippen MR) is 73.2 cm³/mol. The predicted octanol–water partition coefficient (Wildman–Crippen LogP) is 1.86.